The summed E-state index contributed by atoms with van der Waals surface area (Å²) in [4.78, 5) is 14.2. The molecular formula is C12H20N2O2. The van der Waals surface area contributed by atoms with Gasteiger partial charge in [0.15, 0.2) is 0 Å². The fourth-order valence-electron chi connectivity index (χ4n) is 3.12. The number of ether oxygens (including phenoxy) is 1. The number of hydrogen-bond acceptors (Lipinski definition) is 3. The van der Waals surface area contributed by atoms with Crippen LogP contribution in [0.25, 0.3) is 0 Å². The number of carbonyl (C=O) groups excluding carboxylic acids is 1. The highest BCUT2D eigenvalue weighted by molar-refractivity contribution is 5.81. The van der Waals surface area contributed by atoms with Gasteiger partial charge in [-0.1, -0.05) is 0 Å². The summed E-state index contributed by atoms with van der Waals surface area (Å²) in [6.07, 6.45) is 5.42. The quantitative estimate of drug-likeness (QED) is 0.706. The van der Waals surface area contributed by atoms with E-state index in [1.54, 1.807) is 0 Å². The van der Waals surface area contributed by atoms with Crippen LogP contribution in [0.2, 0.25) is 0 Å². The Morgan fingerprint density at radius 2 is 2.06 bits per heavy atom. The Morgan fingerprint density at radius 3 is 2.88 bits per heavy atom. The minimum Gasteiger partial charge on any atom is -0.368 e. The van der Waals surface area contributed by atoms with Gasteiger partial charge >= 0.3 is 0 Å². The highest BCUT2D eigenvalue weighted by atomic mass is 16.5. The fourth-order valence-corrected chi connectivity index (χ4v) is 3.12. The molecule has 0 saturated carbocycles. The highest BCUT2D eigenvalue weighted by Crippen LogP contribution is 2.22. The normalized spacial score (nSPS) is 38.8. The third-order valence-electron chi connectivity index (χ3n) is 4.04. The van der Waals surface area contributed by atoms with Gasteiger partial charge in [-0.15, -0.1) is 0 Å². The van der Waals surface area contributed by atoms with Gasteiger partial charge in [-0.05, 0) is 32.1 Å². The maximum Gasteiger partial charge on any atom is 0.251 e. The van der Waals surface area contributed by atoms with Crippen LogP contribution >= 0.6 is 0 Å². The smallest absolute Gasteiger partial charge is 0.251 e. The molecule has 3 rings (SSSR count). The van der Waals surface area contributed by atoms with Crippen LogP contribution in [-0.2, 0) is 9.53 Å². The lowest BCUT2D eigenvalue weighted by molar-refractivity contribution is -0.141. The third kappa shape index (κ3) is 1.96. The van der Waals surface area contributed by atoms with Gasteiger partial charge in [-0.2, -0.15) is 0 Å². The molecule has 3 aliphatic heterocycles. The molecule has 16 heavy (non-hydrogen) atoms. The predicted octanol–water partition coefficient (Wildman–Crippen LogP) is 0.518. The van der Waals surface area contributed by atoms with E-state index in [0.29, 0.717) is 12.1 Å². The van der Waals surface area contributed by atoms with Gasteiger partial charge in [0.05, 0.1) is 0 Å². The summed E-state index contributed by atoms with van der Waals surface area (Å²) in [6, 6.07) is 1.17. The van der Waals surface area contributed by atoms with Gasteiger partial charge in [0, 0.05) is 31.8 Å². The lowest BCUT2D eigenvalue weighted by Crippen LogP contribution is -2.43. The molecule has 3 fully saturated rings. The van der Waals surface area contributed by atoms with Gasteiger partial charge in [0.2, 0.25) is 0 Å². The maximum absolute atomic E-state index is 12.2. The molecule has 1 amide bonds. The van der Waals surface area contributed by atoms with Crippen LogP contribution in [0.1, 0.15) is 32.1 Å². The Kier molecular flexibility index (Phi) is 2.86. The Bertz CT molecular complexity index is 276. The summed E-state index contributed by atoms with van der Waals surface area (Å²) in [5.41, 5.74) is 0. The molecule has 3 atom stereocenters. The second-order valence-electron chi connectivity index (χ2n) is 5.21. The van der Waals surface area contributed by atoms with Crippen LogP contribution in [0.5, 0.6) is 0 Å². The van der Waals surface area contributed by atoms with Crippen molar-refractivity contribution in [2.45, 2.75) is 50.3 Å². The Morgan fingerprint density at radius 1 is 1.19 bits per heavy atom. The zero-order valence-electron chi connectivity index (χ0n) is 9.65. The van der Waals surface area contributed by atoms with Gasteiger partial charge in [-0.3, -0.25) is 4.79 Å². The number of rotatable bonds is 1. The fraction of sp³-hybridized carbons (Fsp3) is 0.917. The molecule has 0 aromatic carbocycles. The molecule has 0 aliphatic carbocycles. The van der Waals surface area contributed by atoms with E-state index < -0.39 is 0 Å². The van der Waals surface area contributed by atoms with Crippen molar-refractivity contribution in [3.8, 4) is 0 Å². The lowest BCUT2D eigenvalue weighted by atomic mass is 10.1. The zero-order chi connectivity index (χ0) is 11.0. The van der Waals surface area contributed by atoms with E-state index in [1.165, 1.54) is 12.8 Å². The number of hydrogen-bond donors (Lipinski definition) is 1. The molecule has 1 N–H and O–H groups in total. The topological polar surface area (TPSA) is 41.6 Å². The Labute approximate surface area is 96.3 Å². The molecule has 3 unspecified atom stereocenters. The maximum atomic E-state index is 12.2. The molecule has 0 aromatic heterocycles. The van der Waals surface area contributed by atoms with Gasteiger partial charge in [-0.25, -0.2) is 0 Å². The van der Waals surface area contributed by atoms with Crippen molar-refractivity contribution in [2.75, 3.05) is 19.7 Å². The Balaban J connectivity index is 1.63. The monoisotopic (exact) mass is 224 g/mol. The number of amides is 1. The lowest BCUT2D eigenvalue weighted by Gasteiger charge is -2.26. The van der Waals surface area contributed by atoms with Crippen molar-refractivity contribution in [3.63, 3.8) is 0 Å². The number of nitrogens with zero attached hydrogens (tertiary/aromatic N) is 1. The number of carbonyl (C=O) groups is 1. The summed E-state index contributed by atoms with van der Waals surface area (Å²) >= 11 is 0. The van der Waals surface area contributed by atoms with Crippen LogP contribution in [0.15, 0.2) is 0 Å². The summed E-state index contributed by atoms with van der Waals surface area (Å²) in [5.74, 6) is 0.229. The standard InChI is InChI=1S/C12H20N2O2/c15-12(11-2-1-7-16-11)14-6-5-9-3-4-10(8-14)13-9/h9-11,13H,1-8H2. The molecule has 4 heteroatoms. The molecule has 0 radical (unpaired) electrons. The molecule has 3 aliphatic rings. The van der Waals surface area contributed by atoms with Gasteiger partial charge in [0.1, 0.15) is 6.10 Å². The summed E-state index contributed by atoms with van der Waals surface area (Å²) in [5, 5.41) is 3.59. The van der Waals surface area contributed by atoms with Crippen molar-refractivity contribution in [1.82, 2.24) is 10.2 Å². The zero-order valence-corrected chi connectivity index (χ0v) is 9.65. The molecule has 4 nitrogen and oxygen atoms in total. The Hall–Kier alpha value is -0.610. The number of fused-ring (bicyclic) bond motifs is 2. The third-order valence-corrected chi connectivity index (χ3v) is 4.04. The van der Waals surface area contributed by atoms with Crippen molar-refractivity contribution in [3.05, 3.63) is 0 Å². The van der Waals surface area contributed by atoms with E-state index in [-0.39, 0.29) is 12.0 Å². The van der Waals surface area contributed by atoms with Crippen LogP contribution in [0.3, 0.4) is 0 Å². The largest absolute Gasteiger partial charge is 0.368 e. The molecule has 0 aromatic rings. The molecule has 0 spiro atoms. The molecular weight excluding hydrogens is 204 g/mol. The molecule has 2 bridgehead atoms. The van der Waals surface area contributed by atoms with Crippen LogP contribution in [0, 0.1) is 0 Å². The van der Waals surface area contributed by atoms with E-state index in [2.05, 4.69) is 5.32 Å². The van der Waals surface area contributed by atoms with Crippen LogP contribution in [-0.4, -0.2) is 48.7 Å². The summed E-state index contributed by atoms with van der Waals surface area (Å²) in [7, 11) is 0. The van der Waals surface area contributed by atoms with Gasteiger partial charge in [0.25, 0.3) is 5.91 Å². The van der Waals surface area contributed by atoms with Crippen molar-refractivity contribution >= 4 is 5.91 Å². The first-order valence-corrected chi connectivity index (χ1v) is 6.49. The first-order chi connectivity index (χ1) is 7.83. The molecule has 3 heterocycles. The first kappa shape index (κ1) is 10.5. The molecule has 3 saturated heterocycles. The van der Waals surface area contributed by atoms with E-state index in [9.17, 15) is 4.79 Å². The second-order valence-corrected chi connectivity index (χ2v) is 5.21. The number of likely N-dealkylation sites (tertiary alicyclic amines) is 1. The van der Waals surface area contributed by atoms with Crippen LogP contribution in [0.4, 0.5) is 0 Å². The predicted molar refractivity (Wildman–Crippen MR) is 60.1 cm³/mol. The van der Waals surface area contributed by atoms with Crippen LogP contribution < -0.4 is 5.32 Å². The number of nitrogens with one attached hydrogen (secondary N) is 1. The summed E-state index contributed by atoms with van der Waals surface area (Å²) in [6.45, 7) is 2.55. The first-order valence-electron chi connectivity index (χ1n) is 6.49. The van der Waals surface area contributed by atoms with Crippen molar-refractivity contribution in [1.29, 1.82) is 0 Å². The minimum absolute atomic E-state index is 0.142. The van der Waals surface area contributed by atoms with E-state index in [1.807, 2.05) is 4.90 Å². The minimum atomic E-state index is -0.142. The average molecular weight is 224 g/mol. The second kappa shape index (κ2) is 4.34. The van der Waals surface area contributed by atoms with E-state index in [0.717, 1.165) is 39.0 Å². The van der Waals surface area contributed by atoms with Crippen molar-refractivity contribution in [2.24, 2.45) is 0 Å². The van der Waals surface area contributed by atoms with E-state index >= 15 is 0 Å². The SMILES string of the molecule is O=C(C1CCCO1)N1CCC2CCC(C1)N2. The average Bonchev–Trinajstić information content (AvgIpc) is 2.87. The summed E-state index contributed by atoms with van der Waals surface area (Å²) < 4.78 is 5.48. The molecule has 90 valence electrons. The van der Waals surface area contributed by atoms with E-state index in [4.69, 9.17) is 4.74 Å². The highest BCUT2D eigenvalue weighted by Gasteiger charge is 2.34. The van der Waals surface area contributed by atoms with Crippen molar-refractivity contribution < 1.29 is 9.53 Å². The van der Waals surface area contributed by atoms with Gasteiger partial charge < -0.3 is 15.0 Å².